The van der Waals surface area contributed by atoms with Crippen molar-refractivity contribution in [1.29, 1.82) is 0 Å². The molecule has 0 aliphatic rings. The molecule has 0 atom stereocenters. The fraction of sp³-hybridized carbons (Fsp3) is 0.462. The van der Waals surface area contributed by atoms with Crippen molar-refractivity contribution >= 4 is 5.91 Å². The molecule has 0 bridgehead atoms. The largest absolute Gasteiger partial charge is 0.496 e. The molecule has 1 rings (SSSR count). The number of hydrogen-bond acceptors (Lipinski definition) is 3. The van der Waals surface area contributed by atoms with E-state index in [9.17, 15) is 9.90 Å². The topological polar surface area (TPSA) is 58.6 Å². The van der Waals surface area contributed by atoms with E-state index in [2.05, 4.69) is 5.32 Å². The van der Waals surface area contributed by atoms with Crippen LogP contribution < -0.4 is 10.1 Å². The molecule has 0 unspecified atom stereocenters. The van der Waals surface area contributed by atoms with Gasteiger partial charge in [-0.25, -0.2) is 0 Å². The molecule has 17 heavy (non-hydrogen) atoms. The predicted molar refractivity (Wildman–Crippen MR) is 66.4 cm³/mol. The molecule has 2 N–H and O–H groups in total. The average Bonchev–Trinajstić information content (AvgIpc) is 2.24. The predicted octanol–water partition coefficient (Wildman–Crippen LogP) is 1.50. The third kappa shape index (κ3) is 3.75. The first kappa shape index (κ1) is 13.5. The number of methoxy groups -OCH3 is 1. The van der Waals surface area contributed by atoms with Crippen molar-refractivity contribution in [2.45, 2.75) is 26.4 Å². The summed E-state index contributed by atoms with van der Waals surface area (Å²) in [6.45, 7) is 5.36. The summed E-state index contributed by atoms with van der Waals surface area (Å²) in [5, 5.41) is 12.2. The number of carbonyl (C=O) groups excluding carboxylic acids is 1. The van der Waals surface area contributed by atoms with Crippen molar-refractivity contribution in [3.8, 4) is 5.75 Å². The Morgan fingerprint density at radius 3 is 2.65 bits per heavy atom. The molecule has 0 spiro atoms. The van der Waals surface area contributed by atoms with E-state index in [1.165, 1.54) is 7.11 Å². The summed E-state index contributed by atoms with van der Waals surface area (Å²) < 4.78 is 5.21. The molecule has 4 heteroatoms. The molecule has 0 aliphatic heterocycles. The van der Waals surface area contributed by atoms with E-state index >= 15 is 0 Å². The highest BCUT2D eigenvalue weighted by atomic mass is 16.5. The Balaban J connectivity index is 2.86. The Bertz CT molecular complexity index is 408. The molecule has 4 nitrogen and oxygen atoms in total. The van der Waals surface area contributed by atoms with Gasteiger partial charge >= 0.3 is 0 Å². The van der Waals surface area contributed by atoms with Crippen LogP contribution in [0.1, 0.15) is 29.8 Å². The maximum absolute atomic E-state index is 11.9. The lowest BCUT2D eigenvalue weighted by molar-refractivity contribution is 0.0693. The van der Waals surface area contributed by atoms with Crippen LogP contribution in [-0.4, -0.2) is 30.3 Å². The van der Waals surface area contributed by atoms with Crippen LogP contribution in [0.2, 0.25) is 0 Å². The van der Waals surface area contributed by atoms with Crippen LogP contribution in [0.3, 0.4) is 0 Å². The van der Waals surface area contributed by atoms with E-state index in [0.717, 1.165) is 5.56 Å². The third-order valence-corrected chi connectivity index (χ3v) is 2.34. The first-order chi connectivity index (χ1) is 7.85. The van der Waals surface area contributed by atoms with Gasteiger partial charge in [-0.1, -0.05) is 12.1 Å². The zero-order valence-electron chi connectivity index (χ0n) is 10.7. The maximum Gasteiger partial charge on any atom is 0.255 e. The van der Waals surface area contributed by atoms with Crippen LogP contribution in [0, 0.1) is 6.92 Å². The monoisotopic (exact) mass is 237 g/mol. The quantitative estimate of drug-likeness (QED) is 0.834. The number of carbonyl (C=O) groups is 1. The number of amides is 1. The Labute approximate surface area is 102 Å². The van der Waals surface area contributed by atoms with Crippen molar-refractivity contribution in [2.24, 2.45) is 0 Å². The van der Waals surface area contributed by atoms with Crippen LogP contribution in [0.4, 0.5) is 0 Å². The van der Waals surface area contributed by atoms with Gasteiger partial charge in [-0.3, -0.25) is 4.79 Å². The molecular formula is C13H19NO3. The Hall–Kier alpha value is -1.55. The van der Waals surface area contributed by atoms with E-state index in [1.807, 2.05) is 13.0 Å². The number of hydrogen-bond donors (Lipinski definition) is 2. The molecule has 1 aromatic carbocycles. The molecule has 0 saturated carbocycles. The second-order valence-corrected chi connectivity index (χ2v) is 4.65. The van der Waals surface area contributed by atoms with Crippen LogP contribution >= 0.6 is 0 Å². The van der Waals surface area contributed by atoms with E-state index in [1.54, 1.807) is 26.0 Å². The summed E-state index contributed by atoms with van der Waals surface area (Å²) >= 11 is 0. The fourth-order valence-electron chi connectivity index (χ4n) is 1.49. The smallest absolute Gasteiger partial charge is 0.255 e. The lowest BCUT2D eigenvalue weighted by Crippen LogP contribution is -2.38. The number of para-hydroxylation sites is 1. The van der Waals surface area contributed by atoms with Crippen LogP contribution in [0.5, 0.6) is 5.75 Å². The minimum atomic E-state index is -0.924. The van der Waals surface area contributed by atoms with Gasteiger partial charge in [0.05, 0.1) is 18.3 Å². The van der Waals surface area contributed by atoms with Gasteiger partial charge < -0.3 is 15.2 Å². The number of benzene rings is 1. The van der Waals surface area contributed by atoms with Gasteiger partial charge in [-0.2, -0.15) is 0 Å². The molecule has 1 amide bonds. The Kier molecular flexibility index (Phi) is 4.12. The van der Waals surface area contributed by atoms with Crippen LogP contribution in [0.25, 0.3) is 0 Å². The Morgan fingerprint density at radius 2 is 2.12 bits per heavy atom. The van der Waals surface area contributed by atoms with Gasteiger partial charge in [0.2, 0.25) is 0 Å². The second-order valence-electron chi connectivity index (χ2n) is 4.65. The molecule has 94 valence electrons. The fourth-order valence-corrected chi connectivity index (χ4v) is 1.49. The van der Waals surface area contributed by atoms with Gasteiger partial charge in [0.15, 0.2) is 0 Å². The normalized spacial score (nSPS) is 11.1. The second kappa shape index (κ2) is 5.19. The number of rotatable bonds is 4. The van der Waals surface area contributed by atoms with Crippen molar-refractivity contribution in [3.63, 3.8) is 0 Å². The number of nitrogens with one attached hydrogen (secondary N) is 1. The van der Waals surface area contributed by atoms with Crippen molar-refractivity contribution in [1.82, 2.24) is 5.32 Å². The first-order valence-electron chi connectivity index (χ1n) is 5.49. The molecule has 0 aromatic heterocycles. The lowest BCUT2D eigenvalue weighted by atomic mass is 10.1. The molecule has 0 fully saturated rings. The third-order valence-electron chi connectivity index (χ3n) is 2.34. The van der Waals surface area contributed by atoms with E-state index in [4.69, 9.17) is 4.74 Å². The van der Waals surface area contributed by atoms with Crippen LogP contribution in [0.15, 0.2) is 18.2 Å². The highest BCUT2D eigenvalue weighted by molar-refractivity contribution is 5.97. The minimum absolute atomic E-state index is 0.197. The number of ether oxygens (including phenoxy) is 1. The summed E-state index contributed by atoms with van der Waals surface area (Å²) in [6.07, 6.45) is 0. The van der Waals surface area contributed by atoms with Gasteiger partial charge in [-0.15, -0.1) is 0 Å². The molecule has 0 saturated heterocycles. The number of aliphatic hydroxyl groups is 1. The summed E-state index contributed by atoms with van der Waals surface area (Å²) in [4.78, 5) is 11.9. The highest BCUT2D eigenvalue weighted by Crippen LogP contribution is 2.22. The zero-order valence-corrected chi connectivity index (χ0v) is 10.7. The number of aryl methyl sites for hydroxylation is 1. The standard InChI is InChI=1S/C13H19NO3/c1-9-6-5-7-10(11(9)17-4)12(15)14-8-13(2,3)16/h5-7,16H,8H2,1-4H3,(H,14,15). The minimum Gasteiger partial charge on any atom is -0.496 e. The molecule has 0 heterocycles. The summed E-state index contributed by atoms with van der Waals surface area (Å²) in [5.41, 5.74) is 0.465. The van der Waals surface area contributed by atoms with Crippen molar-refractivity contribution in [3.05, 3.63) is 29.3 Å². The first-order valence-corrected chi connectivity index (χ1v) is 5.49. The molecular weight excluding hydrogens is 218 g/mol. The summed E-state index contributed by atoms with van der Waals surface area (Å²) in [5.74, 6) is 0.327. The van der Waals surface area contributed by atoms with E-state index in [-0.39, 0.29) is 12.5 Å². The average molecular weight is 237 g/mol. The van der Waals surface area contributed by atoms with Gasteiger partial charge in [0.25, 0.3) is 5.91 Å². The van der Waals surface area contributed by atoms with Gasteiger partial charge in [-0.05, 0) is 32.4 Å². The molecule has 0 radical (unpaired) electrons. The van der Waals surface area contributed by atoms with Crippen LogP contribution in [-0.2, 0) is 0 Å². The maximum atomic E-state index is 11.9. The van der Waals surface area contributed by atoms with E-state index in [0.29, 0.717) is 11.3 Å². The van der Waals surface area contributed by atoms with Gasteiger partial charge in [0.1, 0.15) is 5.75 Å². The summed E-state index contributed by atoms with van der Waals surface area (Å²) in [7, 11) is 1.54. The molecule has 0 aliphatic carbocycles. The van der Waals surface area contributed by atoms with Crippen molar-refractivity contribution in [2.75, 3.05) is 13.7 Å². The Morgan fingerprint density at radius 1 is 1.47 bits per heavy atom. The SMILES string of the molecule is COc1c(C)cccc1C(=O)NCC(C)(C)O. The summed E-state index contributed by atoms with van der Waals surface area (Å²) in [6, 6.07) is 5.38. The zero-order chi connectivity index (χ0) is 13.1. The molecule has 1 aromatic rings. The lowest BCUT2D eigenvalue weighted by Gasteiger charge is -2.18. The van der Waals surface area contributed by atoms with E-state index < -0.39 is 5.60 Å². The van der Waals surface area contributed by atoms with Crippen molar-refractivity contribution < 1.29 is 14.6 Å². The highest BCUT2D eigenvalue weighted by Gasteiger charge is 2.17. The van der Waals surface area contributed by atoms with Gasteiger partial charge in [0, 0.05) is 6.54 Å².